The maximum Gasteiger partial charge on any atom is 0.181 e. The Bertz CT molecular complexity index is 337. The minimum Gasteiger partial charge on any atom is -0.448 e. The zero-order valence-corrected chi connectivity index (χ0v) is 10.3. The molecule has 1 fully saturated rings. The molecule has 16 heavy (non-hydrogen) atoms. The minimum absolute atomic E-state index is 0.222. The first-order chi connectivity index (χ1) is 7.68. The Labute approximate surface area is 97.4 Å². The largest absolute Gasteiger partial charge is 0.448 e. The lowest BCUT2D eigenvalue weighted by atomic mass is 9.76. The van der Waals surface area contributed by atoms with Crippen LogP contribution >= 0.6 is 0 Å². The summed E-state index contributed by atoms with van der Waals surface area (Å²) in [6.45, 7) is 5.04. The van der Waals surface area contributed by atoms with Gasteiger partial charge in [-0.15, -0.1) is 0 Å². The van der Waals surface area contributed by atoms with Gasteiger partial charge in [-0.05, 0) is 25.2 Å². The van der Waals surface area contributed by atoms with Crippen LogP contribution in [0.2, 0.25) is 0 Å². The van der Waals surface area contributed by atoms with Crippen LogP contribution in [0.3, 0.4) is 0 Å². The van der Waals surface area contributed by atoms with Gasteiger partial charge in [0.2, 0.25) is 0 Å². The van der Waals surface area contributed by atoms with E-state index in [1.54, 1.807) is 6.39 Å². The molecule has 2 rings (SSSR count). The van der Waals surface area contributed by atoms with Gasteiger partial charge >= 0.3 is 0 Å². The van der Waals surface area contributed by atoms with Gasteiger partial charge in [-0.3, -0.25) is 0 Å². The van der Waals surface area contributed by atoms with Crippen LogP contribution in [0, 0.1) is 5.92 Å². The van der Waals surface area contributed by atoms with Crippen LogP contribution in [0.15, 0.2) is 10.8 Å². The van der Waals surface area contributed by atoms with Crippen molar-refractivity contribution in [2.75, 3.05) is 0 Å². The smallest absolute Gasteiger partial charge is 0.181 e. The molecule has 90 valence electrons. The molecule has 0 saturated heterocycles. The number of hydrogen-bond donors (Lipinski definition) is 1. The number of nitrogens with two attached hydrogens (primary N) is 1. The first kappa shape index (κ1) is 11.6. The molecule has 0 bridgehead atoms. The predicted molar refractivity (Wildman–Crippen MR) is 64.0 cm³/mol. The van der Waals surface area contributed by atoms with Crippen molar-refractivity contribution >= 4 is 0 Å². The van der Waals surface area contributed by atoms with E-state index < -0.39 is 0 Å². The van der Waals surface area contributed by atoms with Crippen molar-refractivity contribution in [2.45, 2.75) is 57.9 Å². The Kier molecular flexibility index (Phi) is 3.33. The summed E-state index contributed by atoms with van der Waals surface area (Å²) < 4.78 is 5.65. The van der Waals surface area contributed by atoms with Crippen LogP contribution in [0.1, 0.15) is 57.4 Å². The molecular formula is C13H22N2O. The summed E-state index contributed by atoms with van der Waals surface area (Å²) in [6.07, 6.45) is 7.81. The molecule has 3 nitrogen and oxygen atoms in total. The van der Waals surface area contributed by atoms with Crippen molar-refractivity contribution < 1.29 is 4.42 Å². The van der Waals surface area contributed by atoms with Gasteiger partial charge in [0.15, 0.2) is 6.39 Å². The first-order valence-corrected chi connectivity index (χ1v) is 6.31. The van der Waals surface area contributed by atoms with Gasteiger partial charge < -0.3 is 10.2 Å². The van der Waals surface area contributed by atoms with E-state index in [9.17, 15) is 0 Å². The molecule has 0 unspecified atom stereocenters. The second-order valence-electron chi connectivity index (χ2n) is 5.42. The first-order valence-electron chi connectivity index (χ1n) is 6.31. The maximum absolute atomic E-state index is 5.73. The van der Waals surface area contributed by atoms with Gasteiger partial charge in [0.05, 0.1) is 5.69 Å². The Balaban J connectivity index is 2.31. The second-order valence-corrected chi connectivity index (χ2v) is 5.42. The summed E-state index contributed by atoms with van der Waals surface area (Å²) in [4.78, 5) is 4.24. The van der Waals surface area contributed by atoms with Crippen LogP contribution in [0.5, 0.6) is 0 Å². The van der Waals surface area contributed by atoms with E-state index >= 15 is 0 Å². The summed E-state index contributed by atoms with van der Waals surface area (Å²) in [5.41, 5.74) is 6.91. The highest BCUT2D eigenvalue weighted by Gasteiger charge is 2.40. The lowest BCUT2D eigenvalue weighted by molar-refractivity contribution is 0.282. The van der Waals surface area contributed by atoms with Gasteiger partial charge in [-0.25, -0.2) is 4.98 Å². The molecule has 0 spiro atoms. The minimum atomic E-state index is 0.222. The average molecular weight is 222 g/mol. The highest BCUT2D eigenvalue weighted by atomic mass is 16.3. The molecule has 1 aliphatic carbocycles. The molecule has 0 aliphatic heterocycles. The van der Waals surface area contributed by atoms with Gasteiger partial charge in [-0.1, -0.05) is 26.7 Å². The van der Waals surface area contributed by atoms with Crippen molar-refractivity contribution in [1.82, 2.24) is 4.98 Å². The third-order valence-electron chi connectivity index (χ3n) is 3.68. The standard InChI is InChI=1S/C13H22N2O/c1-10(2)7-13(5-3-4-6-13)12-11(8-14)15-9-16-12/h9-10H,3-8,14H2,1-2H3. The Morgan fingerprint density at radius 2 is 2.12 bits per heavy atom. The summed E-state index contributed by atoms with van der Waals surface area (Å²) in [5.74, 6) is 1.76. The van der Waals surface area contributed by atoms with E-state index in [2.05, 4.69) is 18.8 Å². The van der Waals surface area contributed by atoms with E-state index in [4.69, 9.17) is 10.2 Å². The van der Waals surface area contributed by atoms with Crippen LogP contribution < -0.4 is 5.73 Å². The fourth-order valence-corrected chi connectivity index (χ4v) is 3.20. The third kappa shape index (κ3) is 2.01. The number of nitrogens with zero attached hydrogens (tertiary/aromatic N) is 1. The summed E-state index contributed by atoms with van der Waals surface area (Å²) in [5, 5.41) is 0. The van der Waals surface area contributed by atoms with Crippen molar-refractivity contribution in [3.05, 3.63) is 17.8 Å². The van der Waals surface area contributed by atoms with E-state index in [1.165, 1.54) is 32.1 Å². The molecule has 1 saturated carbocycles. The Morgan fingerprint density at radius 3 is 2.69 bits per heavy atom. The zero-order valence-electron chi connectivity index (χ0n) is 10.3. The third-order valence-corrected chi connectivity index (χ3v) is 3.68. The Hall–Kier alpha value is -0.830. The van der Waals surface area contributed by atoms with Crippen LogP contribution in [-0.4, -0.2) is 4.98 Å². The molecule has 3 heteroatoms. The van der Waals surface area contributed by atoms with Crippen LogP contribution in [0.25, 0.3) is 0 Å². The number of oxazole rings is 1. The van der Waals surface area contributed by atoms with E-state index in [0.717, 1.165) is 11.5 Å². The van der Waals surface area contributed by atoms with Gasteiger partial charge in [-0.2, -0.15) is 0 Å². The summed E-state index contributed by atoms with van der Waals surface area (Å²) in [7, 11) is 0. The monoisotopic (exact) mass is 222 g/mol. The second kappa shape index (κ2) is 4.58. The number of rotatable bonds is 4. The molecule has 1 heterocycles. The van der Waals surface area contributed by atoms with Crippen molar-refractivity contribution in [2.24, 2.45) is 11.7 Å². The van der Waals surface area contributed by atoms with Crippen molar-refractivity contribution in [3.8, 4) is 0 Å². The van der Waals surface area contributed by atoms with Gasteiger partial charge in [0.25, 0.3) is 0 Å². The van der Waals surface area contributed by atoms with E-state index in [0.29, 0.717) is 12.5 Å². The fourth-order valence-electron chi connectivity index (χ4n) is 3.20. The SMILES string of the molecule is CC(C)CC1(c2ocnc2CN)CCCC1. The molecule has 2 N–H and O–H groups in total. The molecule has 1 aliphatic rings. The predicted octanol–water partition coefficient (Wildman–Crippen LogP) is 2.99. The molecule has 0 aromatic carbocycles. The van der Waals surface area contributed by atoms with Crippen molar-refractivity contribution in [3.63, 3.8) is 0 Å². The highest BCUT2D eigenvalue weighted by molar-refractivity contribution is 5.21. The lowest BCUT2D eigenvalue weighted by Crippen LogP contribution is -2.25. The normalized spacial score (nSPS) is 19.5. The molecule has 0 amide bonds. The molecule has 1 aromatic heterocycles. The molecule has 1 aromatic rings. The number of aromatic nitrogens is 1. The van der Waals surface area contributed by atoms with E-state index in [1.807, 2.05) is 0 Å². The summed E-state index contributed by atoms with van der Waals surface area (Å²) >= 11 is 0. The quantitative estimate of drug-likeness (QED) is 0.852. The molecular weight excluding hydrogens is 200 g/mol. The van der Waals surface area contributed by atoms with Gasteiger partial charge in [0, 0.05) is 12.0 Å². The fraction of sp³-hybridized carbons (Fsp3) is 0.769. The molecule has 0 radical (unpaired) electrons. The van der Waals surface area contributed by atoms with Crippen LogP contribution in [0.4, 0.5) is 0 Å². The zero-order chi connectivity index (χ0) is 11.6. The Morgan fingerprint density at radius 1 is 1.44 bits per heavy atom. The van der Waals surface area contributed by atoms with E-state index in [-0.39, 0.29) is 5.41 Å². The van der Waals surface area contributed by atoms with Crippen LogP contribution in [-0.2, 0) is 12.0 Å². The highest BCUT2D eigenvalue weighted by Crippen LogP contribution is 2.46. The lowest BCUT2D eigenvalue weighted by Gasteiger charge is -2.29. The maximum atomic E-state index is 5.73. The summed E-state index contributed by atoms with van der Waals surface area (Å²) in [6, 6.07) is 0. The topological polar surface area (TPSA) is 52.0 Å². The van der Waals surface area contributed by atoms with Gasteiger partial charge in [0.1, 0.15) is 5.76 Å². The number of hydrogen-bond acceptors (Lipinski definition) is 3. The average Bonchev–Trinajstić information content (AvgIpc) is 2.84. The molecule has 0 atom stereocenters. The van der Waals surface area contributed by atoms with Crippen molar-refractivity contribution in [1.29, 1.82) is 0 Å².